The van der Waals surface area contributed by atoms with Crippen LogP contribution in [0.5, 0.6) is 0 Å². The third-order valence-electron chi connectivity index (χ3n) is 3.69. The highest BCUT2D eigenvalue weighted by Crippen LogP contribution is 2.20. The van der Waals surface area contributed by atoms with Gasteiger partial charge in [0.25, 0.3) is 0 Å². The molecule has 1 unspecified atom stereocenters. The molecule has 0 aromatic rings. The van der Waals surface area contributed by atoms with Crippen molar-refractivity contribution < 1.29 is 13.2 Å². The van der Waals surface area contributed by atoms with Gasteiger partial charge in [0.1, 0.15) is 0 Å². The zero-order valence-electron chi connectivity index (χ0n) is 12.3. The Morgan fingerprint density at radius 3 is 2.16 bits per heavy atom. The molecule has 1 fully saturated rings. The second-order valence-electron chi connectivity index (χ2n) is 6.20. The van der Waals surface area contributed by atoms with Gasteiger partial charge in [0.05, 0.1) is 6.54 Å². The summed E-state index contributed by atoms with van der Waals surface area (Å²) in [6.07, 6.45) is -0.0868. The largest absolute Gasteiger partial charge is 0.401 e. The summed E-state index contributed by atoms with van der Waals surface area (Å²) in [6, 6.07) is 0.841. The predicted molar refractivity (Wildman–Crippen MR) is 72.2 cm³/mol. The topological polar surface area (TPSA) is 15.3 Å². The maximum Gasteiger partial charge on any atom is 0.401 e. The first-order valence-electron chi connectivity index (χ1n) is 7.31. The van der Waals surface area contributed by atoms with E-state index in [1.54, 1.807) is 0 Å². The molecule has 0 aromatic heterocycles. The normalized spacial score (nSPS) is 21.0. The molecule has 0 saturated carbocycles. The van der Waals surface area contributed by atoms with Gasteiger partial charge < -0.3 is 5.32 Å². The van der Waals surface area contributed by atoms with Gasteiger partial charge >= 0.3 is 6.18 Å². The van der Waals surface area contributed by atoms with Crippen LogP contribution in [-0.4, -0.2) is 42.8 Å². The van der Waals surface area contributed by atoms with Crippen LogP contribution in [0.15, 0.2) is 0 Å². The number of hydrogen-bond acceptors (Lipinski definition) is 2. The smallest absolute Gasteiger partial charge is 0.311 e. The van der Waals surface area contributed by atoms with E-state index in [1.807, 2.05) is 0 Å². The number of likely N-dealkylation sites (tertiary alicyclic amines) is 1. The number of rotatable bonds is 6. The Balaban J connectivity index is 2.19. The summed E-state index contributed by atoms with van der Waals surface area (Å²) in [5, 5.41) is 3.55. The molecule has 1 saturated heterocycles. The molecule has 114 valence electrons. The lowest BCUT2D eigenvalue weighted by Crippen LogP contribution is -2.47. The van der Waals surface area contributed by atoms with Gasteiger partial charge in [0.15, 0.2) is 0 Å². The maximum absolute atomic E-state index is 12.3. The van der Waals surface area contributed by atoms with Crippen LogP contribution in [0.4, 0.5) is 13.2 Å². The Bertz CT molecular complexity index is 246. The van der Waals surface area contributed by atoms with Gasteiger partial charge in [-0.25, -0.2) is 0 Å². The molecular weight excluding hydrogens is 253 g/mol. The molecule has 1 atom stereocenters. The molecule has 1 aliphatic heterocycles. The molecular formula is C14H27F3N2. The minimum atomic E-state index is -4.06. The summed E-state index contributed by atoms with van der Waals surface area (Å²) in [4.78, 5) is 1.51. The fourth-order valence-corrected chi connectivity index (χ4v) is 2.58. The summed E-state index contributed by atoms with van der Waals surface area (Å²) in [5.74, 6) is 0.706. The molecule has 19 heavy (non-hydrogen) atoms. The fraction of sp³-hybridized carbons (Fsp3) is 1.00. The summed E-state index contributed by atoms with van der Waals surface area (Å²) >= 11 is 0. The van der Waals surface area contributed by atoms with Gasteiger partial charge in [-0.2, -0.15) is 13.2 Å². The quantitative estimate of drug-likeness (QED) is 0.802. The number of nitrogens with one attached hydrogen (secondary N) is 1. The number of halogens is 3. The molecule has 0 aromatic carbocycles. The molecule has 0 aliphatic carbocycles. The molecule has 5 heteroatoms. The molecule has 2 nitrogen and oxygen atoms in total. The van der Waals surface area contributed by atoms with E-state index >= 15 is 0 Å². The van der Waals surface area contributed by atoms with Crippen LogP contribution in [-0.2, 0) is 0 Å². The predicted octanol–water partition coefficient (Wildman–Crippen LogP) is 3.43. The number of hydrogen-bond donors (Lipinski definition) is 1. The molecule has 1 N–H and O–H groups in total. The Morgan fingerprint density at radius 1 is 1.11 bits per heavy atom. The van der Waals surface area contributed by atoms with Gasteiger partial charge in [-0.05, 0) is 51.6 Å². The monoisotopic (exact) mass is 280 g/mol. The highest BCUT2D eigenvalue weighted by Gasteiger charge is 2.32. The van der Waals surface area contributed by atoms with Crippen molar-refractivity contribution in [3.05, 3.63) is 0 Å². The Kier molecular flexibility index (Phi) is 6.60. The SMILES string of the molecule is CC(C)CCC(C)NC1CCN(CC(F)(F)F)CC1. The lowest BCUT2D eigenvalue weighted by Gasteiger charge is -2.34. The van der Waals surface area contributed by atoms with E-state index in [9.17, 15) is 13.2 Å². The van der Waals surface area contributed by atoms with Crippen molar-refractivity contribution in [2.45, 2.75) is 64.7 Å². The fourth-order valence-electron chi connectivity index (χ4n) is 2.58. The molecule has 1 aliphatic rings. The van der Waals surface area contributed by atoms with E-state index in [1.165, 1.54) is 11.3 Å². The van der Waals surface area contributed by atoms with Crippen LogP contribution in [0.2, 0.25) is 0 Å². The van der Waals surface area contributed by atoms with Crippen molar-refractivity contribution in [1.29, 1.82) is 0 Å². The Labute approximate surface area is 114 Å². The molecule has 0 spiro atoms. The molecule has 1 rings (SSSR count). The van der Waals surface area contributed by atoms with E-state index in [4.69, 9.17) is 0 Å². The first-order valence-corrected chi connectivity index (χ1v) is 7.31. The van der Waals surface area contributed by atoms with Crippen molar-refractivity contribution in [2.24, 2.45) is 5.92 Å². The van der Waals surface area contributed by atoms with Gasteiger partial charge in [-0.1, -0.05) is 13.8 Å². The minimum absolute atomic E-state index is 0.381. The summed E-state index contributed by atoms with van der Waals surface area (Å²) < 4.78 is 36.8. The van der Waals surface area contributed by atoms with E-state index in [2.05, 4.69) is 26.1 Å². The van der Waals surface area contributed by atoms with Gasteiger partial charge in [0, 0.05) is 12.1 Å². The van der Waals surface area contributed by atoms with E-state index in [-0.39, 0.29) is 0 Å². The van der Waals surface area contributed by atoms with Crippen molar-refractivity contribution in [3.8, 4) is 0 Å². The second kappa shape index (κ2) is 7.48. The number of nitrogens with zero attached hydrogens (tertiary/aromatic N) is 1. The van der Waals surface area contributed by atoms with Crippen molar-refractivity contribution in [2.75, 3.05) is 19.6 Å². The zero-order chi connectivity index (χ0) is 14.5. The molecule has 0 bridgehead atoms. The van der Waals surface area contributed by atoms with Crippen LogP contribution < -0.4 is 5.32 Å². The molecule has 0 amide bonds. The average molecular weight is 280 g/mol. The van der Waals surface area contributed by atoms with Gasteiger partial charge in [-0.3, -0.25) is 4.90 Å². The van der Waals surface area contributed by atoms with Gasteiger partial charge in [0.2, 0.25) is 0 Å². The molecule has 1 heterocycles. The second-order valence-corrected chi connectivity index (χ2v) is 6.20. The highest BCUT2D eigenvalue weighted by atomic mass is 19.4. The van der Waals surface area contributed by atoms with Crippen LogP contribution >= 0.6 is 0 Å². The van der Waals surface area contributed by atoms with Gasteiger partial charge in [-0.15, -0.1) is 0 Å². The Hall–Kier alpha value is -0.290. The zero-order valence-corrected chi connectivity index (χ0v) is 12.3. The van der Waals surface area contributed by atoms with Crippen molar-refractivity contribution in [3.63, 3.8) is 0 Å². The lowest BCUT2D eigenvalue weighted by atomic mass is 10.0. The minimum Gasteiger partial charge on any atom is -0.311 e. The van der Waals surface area contributed by atoms with Crippen molar-refractivity contribution >= 4 is 0 Å². The third-order valence-corrected chi connectivity index (χ3v) is 3.69. The first kappa shape index (κ1) is 16.8. The van der Waals surface area contributed by atoms with E-state index in [0.717, 1.165) is 19.3 Å². The first-order chi connectivity index (χ1) is 8.76. The highest BCUT2D eigenvalue weighted by molar-refractivity contribution is 4.80. The Morgan fingerprint density at radius 2 is 1.68 bits per heavy atom. The van der Waals surface area contributed by atoms with Crippen LogP contribution in [0.1, 0.15) is 46.5 Å². The lowest BCUT2D eigenvalue weighted by molar-refractivity contribution is -0.148. The number of alkyl halides is 3. The standard InChI is InChI=1S/C14H27F3N2/c1-11(2)4-5-12(3)18-13-6-8-19(9-7-13)10-14(15,16)17/h11-13,18H,4-10H2,1-3H3. The number of piperidine rings is 1. The van der Waals surface area contributed by atoms with Crippen LogP contribution in [0.3, 0.4) is 0 Å². The maximum atomic E-state index is 12.3. The van der Waals surface area contributed by atoms with Crippen molar-refractivity contribution in [1.82, 2.24) is 10.2 Å². The molecule has 0 radical (unpaired) electrons. The van der Waals surface area contributed by atoms with E-state index < -0.39 is 12.7 Å². The average Bonchev–Trinajstić information content (AvgIpc) is 2.27. The van der Waals surface area contributed by atoms with E-state index in [0.29, 0.717) is 31.1 Å². The third kappa shape index (κ3) is 7.78. The van der Waals surface area contributed by atoms with Crippen LogP contribution in [0.25, 0.3) is 0 Å². The summed E-state index contributed by atoms with van der Waals surface area (Å²) in [6.45, 7) is 6.93. The van der Waals surface area contributed by atoms with Crippen LogP contribution in [0, 0.1) is 5.92 Å². The summed E-state index contributed by atoms with van der Waals surface area (Å²) in [7, 11) is 0. The summed E-state index contributed by atoms with van der Waals surface area (Å²) in [5.41, 5.74) is 0.